The third kappa shape index (κ3) is 4.95. The first kappa shape index (κ1) is 20.7. The van der Waals surface area contributed by atoms with Gasteiger partial charge in [-0.2, -0.15) is 0 Å². The van der Waals surface area contributed by atoms with Crippen LogP contribution in [0.5, 0.6) is 0 Å². The average Bonchev–Trinajstić information content (AvgIpc) is 2.78. The zero-order valence-corrected chi connectivity index (χ0v) is 17.9. The lowest BCUT2D eigenvalue weighted by atomic mass is 10.0. The van der Waals surface area contributed by atoms with Gasteiger partial charge < -0.3 is 22.9 Å². The summed E-state index contributed by atoms with van der Waals surface area (Å²) in [5.74, 6) is 0. The van der Waals surface area contributed by atoms with Gasteiger partial charge in [0.25, 0.3) is 0 Å². The number of nitrogens with two attached hydrogens (primary N) is 4. The van der Waals surface area contributed by atoms with E-state index in [0.29, 0.717) is 0 Å². The Bertz CT molecular complexity index is 938. The maximum Gasteiger partial charge on any atom is 0.0556 e. The van der Waals surface area contributed by atoms with Gasteiger partial charge in [0, 0.05) is 22.7 Å². The van der Waals surface area contributed by atoms with Gasteiger partial charge in [-0.05, 0) is 70.8 Å². The highest BCUT2D eigenvalue weighted by molar-refractivity contribution is 8.00. The standard InChI is InChI=1S/C26H26N4S/c27-21-9-1-17(2-10-21)25(18-3-11-22(28)12-4-18)31-26(19-5-13-23(29)14-6-19)20-7-15-24(30)16-8-20/h1-16,25-26H,27-30H2. The van der Waals surface area contributed by atoms with E-state index in [1.165, 1.54) is 22.3 Å². The molecule has 0 saturated carbocycles. The SMILES string of the molecule is Nc1ccc(C(SC(c2ccc(N)cc2)c2ccc(N)cc2)c2ccc(N)cc2)cc1. The molecule has 0 aliphatic rings. The number of nitrogen functional groups attached to an aromatic ring is 4. The highest BCUT2D eigenvalue weighted by atomic mass is 32.2. The van der Waals surface area contributed by atoms with E-state index in [4.69, 9.17) is 22.9 Å². The van der Waals surface area contributed by atoms with Gasteiger partial charge in [0.15, 0.2) is 0 Å². The van der Waals surface area contributed by atoms with Crippen LogP contribution in [0.15, 0.2) is 97.1 Å². The Hall–Kier alpha value is -3.57. The zero-order chi connectivity index (χ0) is 21.8. The number of rotatable bonds is 6. The molecule has 4 aromatic carbocycles. The number of hydrogen-bond acceptors (Lipinski definition) is 5. The van der Waals surface area contributed by atoms with Crippen molar-refractivity contribution < 1.29 is 0 Å². The van der Waals surface area contributed by atoms with Gasteiger partial charge in [0.05, 0.1) is 10.5 Å². The summed E-state index contributed by atoms with van der Waals surface area (Å²) >= 11 is 1.86. The van der Waals surface area contributed by atoms with Gasteiger partial charge in [-0.15, -0.1) is 11.8 Å². The molecule has 0 aromatic heterocycles. The van der Waals surface area contributed by atoms with Crippen LogP contribution >= 0.6 is 11.8 Å². The van der Waals surface area contributed by atoms with E-state index in [1.54, 1.807) is 0 Å². The molecule has 8 N–H and O–H groups in total. The minimum absolute atomic E-state index is 0.0845. The first-order chi connectivity index (χ1) is 15.0. The quantitative estimate of drug-likeness (QED) is 0.299. The van der Waals surface area contributed by atoms with Gasteiger partial charge in [-0.3, -0.25) is 0 Å². The van der Waals surface area contributed by atoms with Crippen LogP contribution in [0.2, 0.25) is 0 Å². The van der Waals surface area contributed by atoms with Gasteiger partial charge >= 0.3 is 0 Å². The molecule has 0 heterocycles. The molecule has 0 fully saturated rings. The molecule has 0 atom stereocenters. The van der Waals surface area contributed by atoms with Crippen LogP contribution in [0.25, 0.3) is 0 Å². The lowest BCUT2D eigenvalue weighted by Gasteiger charge is -2.26. The first-order valence-electron chi connectivity index (χ1n) is 10.1. The molecule has 0 unspecified atom stereocenters. The third-order valence-electron chi connectivity index (χ3n) is 5.23. The van der Waals surface area contributed by atoms with E-state index < -0.39 is 0 Å². The summed E-state index contributed by atoms with van der Waals surface area (Å²) in [4.78, 5) is 0. The molecule has 0 saturated heterocycles. The van der Waals surface area contributed by atoms with Crippen LogP contribution in [0.3, 0.4) is 0 Å². The van der Waals surface area contributed by atoms with Crippen LogP contribution in [0.4, 0.5) is 22.7 Å². The minimum Gasteiger partial charge on any atom is -0.399 e. The molecule has 0 radical (unpaired) electrons. The van der Waals surface area contributed by atoms with E-state index in [1.807, 2.05) is 60.3 Å². The van der Waals surface area contributed by atoms with Crippen LogP contribution in [-0.4, -0.2) is 0 Å². The van der Waals surface area contributed by atoms with E-state index in [2.05, 4.69) is 48.5 Å². The summed E-state index contributed by atoms with van der Waals surface area (Å²) < 4.78 is 0. The molecular formula is C26H26N4S. The Morgan fingerprint density at radius 1 is 0.355 bits per heavy atom. The van der Waals surface area contributed by atoms with Gasteiger partial charge in [0.2, 0.25) is 0 Å². The smallest absolute Gasteiger partial charge is 0.0556 e. The number of hydrogen-bond donors (Lipinski definition) is 4. The number of thioether (sulfide) groups is 1. The molecular weight excluding hydrogens is 400 g/mol. The normalized spacial score (nSPS) is 11.2. The molecule has 31 heavy (non-hydrogen) atoms. The van der Waals surface area contributed by atoms with Crippen LogP contribution in [-0.2, 0) is 0 Å². The van der Waals surface area contributed by atoms with Gasteiger partial charge in [-0.1, -0.05) is 48.5 Å². The van der Waals surface area contributed by atoms with Crippen molar-refractivity contribution in [2.45, 2.75) is 10.5 Å². The summed E-state index contributed by atoms with van der Waals surface area (Å²) in [6, 6.07) is 32.3. The topological polar surface area (TPSA) is 104 Å². The van der Waals surface area contributed by atoms with Crippen molar-refractivity contribution in [2.24, 2.45) is 0 Å². The highest BCUT2D eigenvalue weighted by Crippen LogP contribution is 2.48. The van der Waals surface area contributed by atoms with Crippen molar-refractivity contribution in [1.29, 1.82) is 0 Å². The van der Waals surface area contributed by atoms with Crippen molar-refractivity contribution in [3.63, 3.8) is 0 Å². The average molecular weight is 427 g/mol. The fourth-order valence-electron chi connectivity index (χ4n) is 3.52. The van der Waals surface area contributed by atoms with Crippen LogP contribution in [0.1, 0.15) is 32.8 Å². The second-order valence-corrected chi connectivity index (χ2v) is 8.78. The molecule has 0 aliphatic heterocycles. The second-order valence-electron chi connectivity index (χ2n) is 7.56. The molecule has 0 spiro atoms. The van der Waals surface area contributed by atoms with E-state index in [0.717, 1.165) is 22.7 Å². The fourth-order valence-corrected chi connectivity index (χ4v) is 5.05. The maximum absolute atomic E-state index is 5.95. The Balaban J connectivity index is 1.79. The van der Waals surface area contributed by atoms with Crippen molar-refractivity contribution in [1.82, 2.24) is 0 Å². The Morgan fingerprint density at radius 3 is 0.742 bits per heavy atom. The van der Waals surface area contributed by atoms with E-state index >= 15 is 0 Å². The summed E-state index contributed by atoms with van der Waals surface area (Å²) in [6.07, 6.45) is 0. The van der Waals surface area contributed by atoms with Crippen molar-refractivity contribution >= 4 is 34.5 Å². The molecule has 4 rings (SSSR count). The molecule has 4 aromatic rings. The number of anilines is 4. The fraction of sp³-hybridized carbons (Fsp3) is 0.0769. The van der Waals surface area contributed by atoms with Crippen LogP contribution in [0, 0.1) is 0 Å². The largest absolute Gasteiger partial charge is 0.399 e. The molecule has 0 amide bonds. The maximum atomic E-state index is 5.95. The first-order valence-corrected chi connectivity index (χ1v) is 11.0. The number of benzene rings is 4. The molecule has 0 bridgehead atoms. The van der Waals surface area contributed by atoms with Crippen LogP contribution < -0.4 is 22.9 Å². The third-order valence-corrected chi connectivity index (χ3v) is 6.86. The predicted molar refractivity (Wildman–Crippen MR) is 135 cm³/mol. The summed E-state index contributed by atoms with van der Waals surface area (Å²) in [5.41, 5.74) is 31.5. The lowest BCUT2D eigenvalue weighted by molar-refractivity contribution is 1.10. The Kier molecular flexibility index (Phi) is 6.05. The summed E-state index contributed by atoms with van der Waals surface area (Å²) in [6.45, 7) is 0. The minimum atomic E-state index is 0.0845. The molecule has 4 nitrogen and oxygen atoms in total. The Morgan fingerprint density at radius 2 is 0.548 bits per heavy atom. The second kappa shape index (κ2) is 9.06. The highest BCUT2D eigenvalue weighted by Gasteiger charge is 2.23. The summed E-state index contributed by atoms with van der Waals surface area (Å²) in [5, 5.41) is 0.169. The van der Waals surface area contributed by atoms with Gasteiger partial charge in [0.1, 0.15) is 0 Å². The zero-order valence-electron chi connectivity index (χ0n) is 17.1. The monoisotopic (exact) mass is 426 g/mol. The van der Waals surface area contributed by atoms with E-state index in [9.17, 15) is 0 Å². The Labute approximate surface area is 187 Å². The van der Waals surface area contributed by atoms with Gasteiger partial charge in [-0.25, -0.2) is 0 Å². The van der Waals surface area contributed by atoms with E-state index in [-0.39, 0.29) is 10.5 Å². The summed E-state index contributed by atoms with van der Waals surface area (Å²) in [7, 11) is 0. The molecule has 0 aliphatic carbocycles. The van der Waals surface area contributed by atoms with Crippen molar-refractivity contribution in [2.75, 3.05) is 22.9 Å². The van der Waals surface area contributed by atoms with Crippen molar-refractivity contribution in [3.8, 4) is 0 Å². The molecule has 156 valence electrons. The lowest BCUT2D eigenvalue weighted by Crippen LogP contribution is -2.05. The molecule has 5 heteroatoms. The van der Waals surface area contributed by atoms with Crippen molar-refractivity contribution in [3.05, 3.63) is 119 Å². The predicted octanol–water partition coefficient (Wildman–Crippen LogP) is 5.63.